The minimum atomic E-state index is -1.29. The van der Waals surface area contributed by atoms with Gasteiger partial charge in [-0.2, -0.15) is 0 Å². The number of halogens is 3. The van der Waals surface area contributed by atoms with Gasteiger partial charge >= 0.3 is 6.03 Å². The van der Waals surface area contributed by atoms with Crippen LogP contribution < -0.4 is 10.6 Å². The van der Waals surface area contributed by atoms with Crippen molar-refractivity contribution in [3.8, 4) is 0 Å². The molecule has 9 heteroatoms. The molecule has 0 spiro atoms. The van der Waals surface area contributed by atoms with Gasteiger partial charge in [0.25, 0.3) is 5.91 Å². The fraction of sp³-hybridized carbons (Fsp3) is 0.167. The van der Waals surface area contributed by atoms with Crippen molar-refractivity contribution in [2.24, 2.45) is 0 Å². The zero-order valence-electron chi connectivity index (χ0n) is 14.1. The maximum Gasteiger partial charge on any atom is 0.325 e. The van der Waals surface area contributed by atoms with Crippen LogP contribution in [0.1, 0.15) is 12.5 Å². The van der Waals surface area contributed by atoms with Crippen LogP contribution in [0.15, 0.2) is 51.4 Å². The second kappa shape index (κ2) is 7.40. The van der Waals surface area contributed by atoms with Gasteiger partial charge < -0.3 is 10.6 Å². The van der Waals surface area contributed by atoms with Crippen molar-refractivity contribution < 1.29 is 18.8 Å². The lowest BCUT2D eigenvalue weighted by Gasteiger charge is -2.22. The molecule has 0 saturated carbocycles. The third-order valence-electron chi connectivity index (χ3n) is 4.18. The lowest BCUT2D eigenvalue weighted by Crippen LogP contribution is -2.42. The fourth-order valence-corrected chi connectivity index (χ4v) is 3.49. The van der Waals surface area contributed by atoms with Gasteiger partial charge in [0.2, 0.25) is 5.91 Å². The standard InChI is InChI=1S/C18H14Br2FN3O3/c1-18(10-3-2-4-11(19)7-10)16(26)24(17(27)23-18)9-15(25)22-14-6-5-12(20)8-13(14)21/h2-8H,9H2,1H3,(H,22,25)(H,23,27). The van der Waals surface area contributed by atoms with Crippen LogP contribution >= 0.6 is 31.9 Å². The molecule has 27 heavy (non-hydrogen) atoms. The van der Waals surface area contributed by atoms with Crippen LogP contribution in [-0.2, 0) is 15.1 Å². The van der Waals surface area contributed by atoms with Gasteiger partial charge in [-0.3, -0.25) is 14.5 Å². The molecule has 1 unspecified atom stereocenters. The number of rotatable bonds is 4. The molecule has 1 aliphatic heterocycles. The Labute approximate surface area is 171 Å². The normalized spacial score (nSPS) is 19.2. The molecule has 6 nitrogen and oxygen atoms in total. The Morgan fingerprint density at radius 1 is 1.19 bits per heavy atom. The van der Waals surface area contributed by atoms with Crippen LogP contribution in [0.25, 0.3) is 0 Å². The predicted octanol–water partition coefficient (Wildman–Crippen LogP) is 3.76. The van der Waals surface area contributed by atoms with Crippen molar-refractivity contribution in [3.05, 3.63) is 62.8 Å². The number of anilines is 1. The predicted molar refractivity (Wildman–Crippen MR) is 104 cm³/mol. The zero-order valence-corrected chi connectivity index (χ0v) is 17.2. The first kappa shape index (κ1) is 19.5. The second-order valence-corrected chi connectivity index (χ2v) is 7.96. The Bertz CT molecular complexity index is 953. The Morgan fingerprint density at radius 2 is 1.89 bits per heavy atom. The molecule has 2 N–H and O–H groups in total. The van der Waals surface area contributed by atoms with Crippen LogP contribution in [0, 0.1) is 5.82 Å². The van der Waals surface area contributed by atoms with Gasteiger partial charge in [0, 0.05) is 8.95 Å². The van der Waals surface area contributed by atoms with Crippen LogP contribution in [0.2, 0.25) is 0 Å². The van der Waals surface area contributed by atoms with E-state index in [1.54, 1.807) is 37.3 Å². The van der Waals surface area contributed by atoms with Crippen molar-refractivity contribution >= 4 is 55.4 Å². The average molecular weight is 499 g/mol. The van der Waals surface area contributed by atoms with E-state index in [0.29, 0.717) is 10.0 Å². The third kappa shape index (κ3) is 3.89. The van der Waals surface area contributed by atoms with Crippen molar-refractivity contribution in [3.63, 3.8) is 0 Å². The number of imide groups is 1. The number of nitrogens with zero attached hydrogens (tertiary/aromatic N) is 1. The summed E-state index contributed by atoms with van der Waals surface area (Å²) in [6.45, 7) is 1.05. The molecule has 1 aliphatic rings. The molecule has 2 aromatic carbocycles. The highest BCUT2D eigenvalue weighted by Gasteiger charge is 2.49. The number of hydrogen-bond donors (Lipinski definition) is 2. The third-order valence-corrected chi connectivity index (χ3v) is 5.17. The molecular weight excluding hydrogens is 485 g/mol. The van der Waals surface area contributed by atoms with E-state index in [2.05, 4.69) is 42.5 Å². The summed E-state index contributed by atoms with van der Waals surface area (Å²) in [4.78, 5) is 38.1. The van der Waals surface area contributed by atoms with E-state index < -0.39 is 35.7 Å². The first-order valence-corrected chi connectivity index (χ1v) is 9.44. The highest BCUT2D eigenvalue weighted by Crippen LogP contribution is 2.30. The summed E-state index contributed by atoms with van der Waals surface area (Å²) in [5.74, 6) is -1.87. The molecule has 1 saturated heterocycles. The molecule has 0 bridgehead atoms. The summed E-state index contributed by atoms with van der Waals surface area (Å²) in [7, 11) is 0. The minimum Gasteiger partial charge on any atom is -0.322 e. The van der Waals surface area contributed by atoms with Gasteiger partial charge in [-0.25, -0.2) is 9.18 Å². The smallest absolute Gasteiger partial charge is 0.322 e. The highest BCUT2D eigenvalue weighted by atomic mass is 79.9. The number of benzene rings is 2. The maximum absolute atomic E-state index is 13.9. The van der Waals surface area contributed by atoms with Crippen LogP contribution in [0.3, 0.4) is 0 Å². The van der Waals surface area contributed by atoms with Crippen molar-refractivity contribution in [1.82, 2.24) is 10.2 Å². The lowest BCUT2D eigenvalue weighted by molar-refractivity contribution is -0.133. The quantitative estimate of drug-likeness (QED) is 0.630. The zero-order chi connectivity index (χ0) is 19.8. The molecule has 0 aromatic heterocycles. The number of amides is 4. The minimum absolute atomic E-state index is 0.0370. The van der Waals surface area contributed by atoms with E-state index in [4.69, 9.17) is 0 Å². The number of carbonyl (C=O) groups is 3. The van der Waals surface area contributed by atoms with Gasteiger partial charge in [-0.05, 0) is 42.8 Å². The number of hydrogen-bond acceptors (Lipinski definition) is 3. The Morgan fingerprint density at radius 3 is 2.56 bits per heavy atom. The molecule has 3 rings (SSSR count). The number of carbonyl (C=O) groups excluding carboxylic acids is 3. The largest absolute Gasteiger partial charge is 0.325 e. The summed E-state index contributed by atoms with van der Waals surface area (Å²) >= 11 is 6.46. The number of nitrogens with one attached hydrogen (secondary N) is 2. The van der Waals surface area contributed by atoms with E-state index in [-0.39, 0.29) is 5.69 Å². The molecule has 0 radical (unpaired) electrons. The second-order valence-electron chi connectivity index (χ2n) is 6.13. The molecule has 1 fully saturated rings. The summed E-state index contributed by atoms with van der Waals surface area (Å²) in [5.41, 5.74) is -0.744. The van der Waals surface area contributed by atoms with Crippen molar-refractivity contribution in [2.45, 2.75) is 12.5 Å². The van der Waals surface area contributed by atoms with E-state index in [9.17, 15) is 18.8 Å². The molecule has 1 atom stereocenters. The maximum atomic E-state index is 13.9. The highest BCUT2D eigenvalue weighted by molar-refractivity contribution is 9.10. The summed E-state index contributed by atoms with van der Waals surface area (Å²) in [5, 5.41) is 4.98. The Balaban J connectivity index is 1.76. The molecule has 1 heterocycles. The fourth-order valence-electron chi connectivity index (χ4n) is 2.76. The molecule has 140 valence electrons. The van der Waals surface area contributed by atoms with Gasteiger partial charge in [0.15, 0.2) is 0 Å². The SMILES string of the molecule is CC1(c2cccc(Br)c2)NC(=O)N(CC(=O)Nc2ccc(Br)cc2F)C1=O. The van der Waals surface area contributed by atoms with E-state index in [1.165, 1.54) is 12.1 Å². The molecule has 4 amide bonds. The van der Waals surface area contributed by atoms with Gasteiger partial charge in [-0.15, -0.1) is 0 Å². The molecular formula is C18H14Br2FN3O3. The van der Waals surface area contributed by atoms with Gasteiger partial charge in [-0.1, -0.05) is 44.0 Å². The topological polar surface area (TPSA) is 78.5 Å². The van der Waals surface area contributed by atoms with E-state index in [1.807, 2.05) is 0 Å². The first-order chi connectivity index (χ1) is 12.7. The Hall–Kier alpha value is -2.26. The summed E-state index contributed by atoms with van der Waals surface area (Å²) in [6.07, 6.45) is 0. The van der Waals surface area contributed by atoms with Crippen LogP contribution in [0.4, 0.5) is 14.9 Å². The van der Waals surface area contributed by atoms with Crippen LogP contribution in [0.5, 0.6) is 0 Å². The van der Waals surface area contributed by atoms with Crippen LogP contribution in [-0.4, -0.2) is 29.3 Å². The summed E-state index contributed by atoms with van der Waals surface area (Å²) in [6, 6.07) is 10.4. The molecule has 0 aliphatic carbocycles. The van der Waals surface area contributed by atoms with Crippen molar-refractivity contribution in [2.75, 3.05) is 11.9 Å². The van der Waals surface area contributed by atoms with E-state index >= 15 is 0 Å². The summed E-state index contributed by atoms with van der Waals surface area (Å²) < 4.78 is 15.1. The van der Waals surface area contributed by atoms with Gasteiger partial charge in [0.05, 0.1) is 5.69 Å². The van der Waals surface area contributed by atoms with Gasteiger partial charge in [0.1, 0.15) is 17.9 Å². The lowest BCUT2D eigenvalue weighted by atomic mass is 9.92. The average Bonchev–Trinajstić information content (AvgIpc) is 2.82. The van der Waals surface area contributed by atoms with Crippen molar-refractivity contribution in [1.29, 1.82) is 0 Å². The Kier molecular flexibility index (Phi) is 5.34. The first-order valence-electron chi connectivity index (χ1n) is 7.86. The number of urea groups is 1. The molecule has 2 aromatic rings. The monoisotopic (exact) mass is 497 g/mol. The van der Waals surface area contributed by atoms with E-state index in [0.717, 1.165) is 9.37 Å².